The molecular formula is C17H30N2S. The fraction of sp³-hybridized carbons (Fsp3) is 0.765. The van der Waals surface area contributed by atoms with Gasteiger partial charge in [-0.1, -0.05) is 20.8 Å². The molecule has 0 spiro atoms. The van der Waals surface area contributed by atoms with Gasteiger partial charge in [-0.2, -0.15) is 0 Å². The van der Waals surface area contributed by atoms with Gasteiger partial charge in [0.2, 0.25) is 0 Å². The van der Waals surface area contributed by atoms with Gasteiger partial charge in [-0.15, -0.1) is 11.3 Å². The number of nitrogens with zero attached hydrogens (tertiary/aromatic N) is 1. The highest BCUT2D eigenvalue weighted by Gasteiger charge is 2.37. The number of nitrogens with two attached hydrogens (primary N) is 1. The Kier molecular flexibility index (Phi) is 4.35. The van der Waals surface area contributed by atoms with E-state index in [9.17, 15) is 0 Å². The molecule has 2 atom stereocenters. The molecule has 1 aliphatic heterocycles. The average molecular weight is 295 g/mol. The molecule has 0 saturated carbocycles. The number of likely N-dealkylation sites (tertiary alicyclic amines) is 1. The molecule has 2 nitrogen and oxygen atoms in total. The fourth-order valence-electron chi connectivity index (χ4n) is 3.06. The number of hydrogen-bond donors (Lipinski definition) is 1. The molecule has 3 heteroatoms. The van der Waals surface area contributed by atoms with Gasteiger partial charge in [0.05, 0.1) is 6.04 Å². The fourth-order valence-corrected chi connectivity index (χ4v) is 4.31. The molecule has 2 N–H and O–H groups in total. The smallest absolute Gasteiger partial charge is 0.0597 e. The molecular weight excluding hydrogens is 264 g/mol. The van der Waals surface area contributed by atoms with Gasteiger partial charge in [-0.25, -0.2) is 0 Å². The normalized spacial score (nSPS) is 25.9. The topological polar surface area (TPSA) is 29.3 Å². The lowest BCUT2D eigenvalue weighted by atomic mass is 9.90. The maximum atomic E-state index is 6.48. The van der Waals surface area contributed by atoms with Crippen molar-refractivity contribution in [2.75, 3.05) is 6.54 Å². The summed E-state index contributed by atoms with van der Waals surface area (Å²) < 4.78 is 0. The summed E-state index contributed by atoms with van der Waals surface area (Å²) in [5.74, 6) is 0. The second-order valence-corrected chi connectivity index (χ2v) is 9.18. The van der Waals surface area contributed by atoms with Crippen LogP contribution in [-0.4, -0.2) is 23.0 Å². The monoisotopic (exact) mass is 294 g/mol. The molecule has 2 heterocycles. The van der Waals surface area contributed by atoms with Crippen molar-refractivity contribution in [2.24, 2.45) is 5.73 Å². The molecule has 0 radical (unpaired) electrons. The molecule has 1 aliphatic rings. The molecule has 1 aromatic heterocycles. The minimum absolute atomic E-state index is 0.175. The van der Waals surface area contributed by atoms with E-state index in [1.807, 2.05) is 11.3 Å². The van der Waals surface area contributed by atoms with E-state index in [-0.39, 0.29) is 17.0 Å². The number of rotatable bonds is 1. The standard InChI is InChI=1S/C17H30N2S/c1-16(2,3)14-10-9-13(20-14)15-12(18)8-7-11-19(15)17(4,5)6/h9-10,12,15H,7-8,11,18H2,1-6H3. The third-order valence-corrected chi connectivity index (χ3v) is 5.78. The van der Waals surface area contributed by atoms with Crippen LogP contribution in [-0.2, 0) is 5.41 Å². The zero-order valence-corrected chi connectivity index (χ0v) is 14.7. The zero-order chi connectivity index (χ0) is 15.1. The predicted octanol–water partition coefficient (Wildman–Crippen LogP) is 4.31. The van der Waals surface area contributed by atoms with Crippen molar-refractivity contribution in [3.8, 4) is 0 Å². The Hall–Kier alpha value is -0.380. The Labute approximate surface area is 128 Å². The first-order chi connectivity index (χ1) is 9.10. The molecule has 2 unspecified atom stereocenters. The van der Waals surface area contributed by atoms with Gasteiger partial charge in [0.15, 0.2) is 0 Å². The Morgan fingerprint density at radius 1 is 1.15 bits per heavy atom. The summed E-state index contributed by atoms with van der Waals surface area (Å²) in [4.78, 5) is 5.50. The molecule has 0 bridgehead atoms. The lowest BCUT2D eigenvalue weighted by molar-refractivity contribution is 0.0402. The molecule has 0 aromatic carbocycles. The second-order valence-electron chi connectivity index (χ2n) is 8.07. The highest BCUT2D eigenvalue weighted by atomic mass is 32.1. The van der Waals surface area contributed by atoms with E-state index in [1.165, 1.54) is 16.2 Å². The first-order valence-corrected chi connectivity index (χ1v) is 8.55. The van der Waals surface area contributed by atoms with E-state index >= 15 is 0 Å². The van der Waals surface area contributed by atoms with Crippen LogP contribution >= 0.6 is 11.3 Å². The Morgan fingerprint density at radius 2 is 1.80 bits per heavy atom. The Bertz CT molecular complexity index is 450. The minimum atomic E-state index is 0.175. The summed E-state index contributed by atoms with van der Waals surface area (Å²) in [5.41, 5.74) is 6.89. The first kappa shape index (κ1) is 16.0. The van der Waals surface area contributed by atoms with E-state index in [0.717, 1.165) is 13.0 Å². The largest absolute Gasteiger partial charge is 0.326 e. The summed E-state index contributed by atoms with van der Waals surface area (Å²) in [5, 5.41) is 0. The van der Waals surface area contributed by atoms with Crippen molar-refractivity contribution < 1.29 is 0 Å². The molecule has 2 rings (SSSR count). The van der Waals surface area contributed by atoms with Crippen LogP contribution in [0.5, 0.6) is 0 Å². The summed E-state index contributed by atoms with van der Waals surface area (Å²) in [6.45, 7) is 14.9. The molecule has 114 valence electrons. The third kappa shape index (κ3) is 3.26. The quantitative estimate of drug-likeness (QED) is 0.836. The SMILES string of the molecule is CC(C)(C)c1ccc(C2C(N)CCCN2C(C)(C)C)s1. The van der Waals surface area contributed by atoms with Gasteiger partial charge in [-0.05, 0) is 57.7 Å². The predicted molar refractivity (Wildman–Crippen MR) is 89.4 cm³/mol. The van der Waals surface area contributed by atoms with Crippen molar-refractivity contribution in [3.63, 3.8) is 0 Å². The van der Waals surface area contributed by atoms with E-state index in [0.29, 0.717) is 6.04 Å². The van der Waals surface area contributed by atoms with Gasteiger partial charge in [-0.3, -0.25) is 4.90 Å². The molecule has 1 fully saturated rings. The van der Waals surface area contributed by atoms with Crippen LogP contribution in [0.4, 0.5) is 0 Å². The van der Waals surface area contributed by atoms with Crippen molar-refractivity contribution >= 4 is 11.3 Å². The van der Waals surface area contributed by atoms with Crippen LogP contribution in [0.25, 0.3) is 0 Å². The molecule has 1 saturated heterocycles. The van der Waals surface area contributed by atoms with Crippen LogP contribution in [0.2, 0.25) is 0 Å². The third-order valence-electron chi connectivity index (χ3n) is 4.20. The molecule has 20 heavy (non-hydrogen) atoms. The first-order valence-electron chi connectivity index (χ1n) is 7.73. The molecule has 0 aliphatic carbocycles. The molecule has 0 amide bonds. The van der Waals surface area contributed by atoms with E-state index < -0.39 is 0 Å². The minimum Gasteiger partial charge on any atom is -0.326 e. The summed E-state index contributed by atoms with van der Waals surface area (Å²) >= 11 is 1.95. The van der Waals surface area contributed by atoms with Crippen molar-refractivity contribution in [3.05, 3.63) is 21.9 Å². The molecule has 1 aromatic rings. The summed E-state index contributed by atoms with van der Waals surface area (Å²) in [7, 11) is 0. The van der Waals surface area contributed by atoms with Crippen molar-refractivity contribution in [2.45, 2.75) is 77.4 Å². The second kappa shape index (κ2) is 5.43. The van der Waals surface area contributed by atoms with Crippen LogP contribution in [0.1, 0.15) is 70.2 Å². The van der Waals surface area contributed by atoms with E-state index in [2.05, 4.69) is 58.6 Å². The van der Waals surface area contributed by atoms with Crippen molar-refractivity contribution in [1.82, 2.24) is 4.90 Å². The summed E-state index contributed by atoms with van der Waals surface area (Å²) in [6.07, 6.45) is 2.35. The van der Waals surface area contributed by atoms with Gasteiger partial charge >= 0.3 is 0 Å². The van der Waals surface area contributed by atoms with Gasteiger partial charge in [0.25, 0.3) is 0 Å². The number of hydrogen-bond acceptors (Lipinski definition) is 3. The van der Waals surface area contributed by atoms with E-state index in [1.54, 1.807) is 0 Å². The zero-order valence-electron chi connectivity index (χ0n) is 13.9. The van der Waals surface area contributed by atoms with Gasteiger partial charge in [0.1, 0.15) is 0 Å². The number of thiophene rings is 1. The van der Waals surface area contributed by atoms with Crippen LogP contribution in [0, 0.1) is 0 Å². The number of piperidine rings is 1. The van der Waals surface area contributed by atoms with Crippen LogP contribution < -0.4 is 5.73 Å². The van der Waals surface area contributed by atoms with E-state index in [4.69, 9.17) is 5.73 Å². The average Bonchev–Trinajstić information content (AvgIpc) is 2.76. The van der Waals surface area contributed by atoms with Gasteiger partial charge in [0, 0.05) is 21.3 Å². The van der Waals surface area contributed by atoms with Crippen LogP contribution in [0.15, 0.2) is 12.1 Å². The lowest BCUT2D eigenvalue weighted by Crippen LogP contribution is -2.53. The van der Waals surface area contributed by atoms with Crippen molar-refractivity contribution in [1.29, 1.82) is 0 Å². The highest BCUT2D eigenvalue weighted by Crippen LogP contribution is 2.40. The highest BCUT2D eigenvalue weighted by molar-refractivity contribution is 7.12. The van der Waals surface area contributed by atoms with Gasteiger partial charge < -0.3 is 5.73 Å². The lowest BCUT2D eigenvalue weighted by Gasteiger charge is -2.47. The maximum absolute atomic E-state index is 6.48. The Morgan fingerprint density at radius 3 is 2.30 bits per heavy atom. The van der Waals surface area contributed by atoms with Crippen LogP contribution in [0.3, 0.4) is 0 Å². The summed E-state index contributed by atoms with van der Waals surface area (Å²) in [6, 6.07) is 5.24. The Balaban J connectivity index is 2.34. The maximum Gasteiger partial charge on any atom is 0.0597 e.